The van der Waals surface area contributed by atoms with Crippen LogP contribution in [0.25, 0.3) is 0 Å². The number of nitrogens with one attached hydrogen (secondary N) is 3. The van der Waals surface area contributed by atoms with E-state index in [0.29, 0.717) is 17.4 Å². The van der Waals surface area contributed by atoms with Gasteiger partial charge < -0.3 is 15.4 Å². The zero-order valence-electron chi connectivity index (χ0n) is 15.3. The molecule has 1 aromatic rings. The Balaban J connectivity index is 2.15. The minimum Gasteiger partial charge on any atom is -0.497 e. The Kier molecular flexibility index (Phi) is 6.99. The quantitative estimate of drug-likeness (QED) is 0.447. The van der Waals surface area contributed by atoms with Crippen molar-refractivity contribution in [2.24, 2.45) is 0 Å². The zero-order chi connectivity index (χ0) is 21.7. The van der Waals surface area contributed by atoms with E-state index in [1.165, 1.54) is 19.3 Å². The van der Waals surface area contributed by atoms with E-state index in [1.54, 1.807) is 24.3 Å². The standard InChI is InChI=1S/C19H19F6N3O/c1-29-15-7-5-12(6-8-15)11-27-14(10-16(26)18(20,21)22)9-13-3-2-4-17(28-13)19(23,24)25/h2-8,10,17,26-28H,9,11H2,1H3/b14-10-,26-16?. The van der Waals surface area contributed by atoms with Crippen molar-refractivity contribution >= 4 is 5.71 Å². The van der Waals surface area contributed by atoms with E-state index in [0.717, 1.165) is 6.08 Å². The molecule has 0 spiro atoms. The van der Waals surface area contributed by atoms with Gasteiger partial charge in [0, 0.05) is 24.4 Å². The number of hydrogen-bond donors (Lipinski definition) is 3. The number of allylic oxidation sites excluding steroid dienone is 3. The molecule has 1 atom stereocenters. The largest absolute Gasteiger partial charge is 0.497 e. The molecule has 0 radical (unpaired) electrons. The predicted octanol–water partition coefficient (Wildman–Crippen LogP) is 4.62. The fourth-order valence-electron chi connectivity index (χ4n) is 2.46. The van der Waals surface area contributed by atoms with Crippen LogP contribution in [0.5, 0.6) is 5.75 Å². The second-order valence-electron chi connectivity index (χ2n) is 6.20. The first-order valence-corrected chi connectivity index (χ1v) is 8.43. The molecule has 1 aliphatic rings. The maximum Gasteiger partial charge on any atom is 0.432 e. The molecule has 1 heterocycles. The van der Waals surface area contributed by atoms with Gasteiger partial charge in [-0.3, -0.25) is 5.41 Å². The Bertz CT molecular complexity index is 807. The zero-order valence-corrected chi connectivity index (χ0v) is 15.3. The molecule has 29 heavy (non-hydrogen) atoms. The summed E-state index contributed by atoms with van der Waals surface area (Å²) < 4.78 is 81.9. The molecule has 4 nitrogen and oxygen atoms in total. The van der Waals surface area contributed by atoms with Gasteiger partial charge in [0.15, 0.2) is 0 Å². The maximum atomic E-state index is 12.9. The molecule has 0 bridgehead atoms. The summed E-state index contributed by atoms with van der Waals surface area (Å²) >= 11 is 0. The Morgan fingerprint density at radius 1 is 1.17 bits per heavy atom. The number of alkyl halides is 6. The van der Waals surface area contributed by atoms with Crippen molar-refractivity contribution in [3.63, 3.8) is 0 Å². The van der Waals surface area contributed by atoms with Crippen LogP contribution in [0.2, 0.25) is 0 Å². The highest BCUT2D eigenvalue weighted by molar-refractivity contribution is 5.97. The first-order chi connectivity index (χ1) is 13.5. The van der Waals surface area contributed by atoms with Crippen molar-refractivity contribution in [1.82, 2.24) is 10.6 Å². The highest BCUT2D eigenvalue weighted by atomic mass is 19.4. The summed E-state index contributed by atoms with van der Waals surface area (Å²) in [5.41, 5.74) is -0.848. The summed E-state index contributed by atoms with van der Waals surface area (Å²) in [5.74, 6) is 0.602. The fourth-order valence-corrected chi connectivity index (χ4v) is 2.46. The summed E-state index contributed by atoms with van der Waals surface area (Å²) in [4.78, 5) is 0. The lowest BCUT2D eigenvalue weighted by Gasteiger charge is -2.25. The lowest BCUT2D eigenvalue weighted by atomic mass is 10.1. The van der Waals surface area contributed by atoms with Gasteiger partial charge in [0.1, 0.15) is 17.5 Å². The Morgan fingerprint density at radius 3 is 2.38 bits per heavy atom. The second kappa shape index (κ2) is 9.06. The number of methoxy groups -OCH3 is 1. The van der Waals surface area contributed by atoms with Crippen molar-refractivity contribution in [3.05, 3.63) is 65.5 Å². The molecule has 158 valence electrons. The van der Waals surface area contributed by atoms with Gasteiger partial charge in [0.25, 0.3) is 0 Å². The van der Waals surface area contributed by atoms with Crippen molar-refractivity contribution in [2.75, 3.05) is 7.11 Å². The number of dihydropyridines is 1. The molecule has 1 aromatic carbocycles. The number of rotatable bonds is 7. The van der Waals surface area contributed by atoms with E-state index < -0.39 is 24.1 Å². The maximum absolute atomic E-state index is 12.9. The van der Waals surface area contributed by atoms with Gasteiger partial charge in [-0.15, -0.1) is 0 Å². The van der Waals surface area contributed by atoms with Crippen molar-refractivity contribution < 1.29 is 31.1 Å². The van der Waals surface area contributed by atoms with E-state index in [9.17, 15) is 26.3 Å². The van der Waals surface area contributed by atoms with Gasteiger partial charge in [-0.2, -0.15) is 26.3 Å². The van der Waals surface area contributed by atoms with Crippen LogP contribution < -0.4 is 15.4 Å². The highest BCUT2D eigenvalue weighted by Gasteiger charge is 2.39. The monoisotopic (exact) mass is 419 g/mol. The van der Waals surface area contributed by atoms with E-state index in [-0.39, 0.29) is 24.4 Å². The smallest absolute Gasteiger partial charge is 0.432 e. The minimum absolute atomic E-state index is 0.0434. The Hall–Kier alpha value is -2.91. The second-order valence-corrected chi connectivity index (χ2v) is 6.20. The SMILES string of the molecule is COc1ccc(CN/C(=C\C(=N)C(F)(F)F)CC2=CC=CC(C(F)(F)F)N2)cc1. The van der Waals surface area contributed by atoms with E-state index in [4.69, 9.17) is 10.1 Å². The number of benzene rings is 1. The number of halogens is 6. The summed E-state index contributed by atoms with van der Waals surface area (Å²) in [6.45, 7) is 0.118. The van der Waals surface area contributed by atoms with Crippen LogP contribution in [-0.4, -0.2) is 31.2 Å². The van der Waals surface area contributed by atoms with Gasteiger partial charge in [-0.1, -0.05) is 24.3 Å². The lowest BCUT2D eigenvalue weighted by Crippen LogP contribution is -2.41. The van der Waals surface area contributed by atoms with E-state index in [2.05, 4.69) is 10.6 Å². The summed E-state index contributed by atoms with van der Waals surface area (Å²) in [6, 6.07) is 4.80. The Labute approximate surface area is 163 Å². The summed E-state index contributed by atoms with van der Waals surface area (Å²) in [5, 5.41) is 12.2. The molecule has 10 heteroatoms. The van der Waals surface area contributed by atoms with Gasteiger partial charge in [-0.05, 0) is 29.8 Å². The molecule has 0 saturated heterocycles. The first kappa shape index (κ1) is 22.4. The third-order valence-electron chi connectivity index (χ3n) is 3.98. The molecule has 0 amide bonds. The molecule has 2 rings (SSSR count). The first-order valence-electron chi connectivity index (χ1n) is 8.43. The lowest BCUT2D eigenvalue weighted by molar-refractivity contribution is -0.143. The normalized spacial score (nSPS) is 17.4. The van der Waals surface area contributed by atoms with E-state index in [1.807, 2.05) is 0 Å². The minimum atomic E-state index is -4.87. The molecule has 0 aliphatic carbocycles. The third-order valence-corrected chi connectivity index (χ3v) is 3.98. The van der Waals surface area contributed by atoms with Gasteiger partial charge in [0.2, 0.25) is 0 Å². The number of hydrogen-bond acceptors (Lipinski definition) is 4. The molecule has 0 saturated carbocycles. The van der Waals surface area contributed by atoms with E-state index >= 15 is 0 Å². The predicted molar refractivity (Wildman–Crippen MR) is 96.5 cm³/mol. The topological polar surface area (TPSA) is 57.1 Å². The Morgan fingerprint density at radius 2 is 1.83 bits per heavy atom. The van der Waals surface area contributed by atoms with Crippen LogP contribution in [0.3, 0.4) is 0 Å². The summed E-state index contributed by atoms with van der Waals surface area (Å²) in [6.07, 6.45) is -5.62. The van der Waals surface area contributed by atoms with Gasteiger partial charge >= 0.3 is 12.4 Å². The average Bonchev–Trinajstić information content (AvgIpc) is 2.65. The molecule has 1 unspecified atom stereocenters. The van der Waals surface area contributed by atoms with Crippen molar-refractivity contribution in [1.29, 1.82) is 5.41 Å². The molecule has 3 N–H and O–H groups in total. The van der Waals surface area contributed by atoms with Crippen LogP contribution >= 0.6 is 0 Å². The third kappa shape index (κ3) is 6.88. The molecule has 1 aliphatic heterocycles. The average molecular weight is 419 g/mol. The van der Waals surface area contributed by atoms with Crippen LogP contribution in [0.4, 0.5) is 26.3 Å². The molecular weight excluding hydrogens is 400 g/mol. The van der Waals surface area contributed by atoms with Gasteiger partial charge in [-0.25, -0.2) is 0 Å². The molecule has 0 aromatic heterocycles. The molecule has 0 fully saturated rings. The van der Waals surface area contributed by atoms with Crippen molar-refractivity contribution in [2.45, 2.75) is 31.4 Å². The van der Waals surface area contributed by atoms with Crippen LogP contribution in [-0.2, 0) is 6.54 Å². The van der Waals surface area contributed by atoms with Crippen LogP contribution in [0, 0.1) is 5.41 Å². The van der Waals surface area contributed by atoms with Crippen molar-refractivity contribution in [3.8, 4) is 5.75 Å². The van der Waals surface area contributed by atoms with Crippen LogP contribution in [0.1, 0.15) is 12.0 Å². The van der Waals surface area contributed by atoms with Crippen LogP contribution in [0.15, 0.2) is 60.0 Å². The fraction of sp³-hybridized carbons (Fsp3) is 0.316. The molecular formula is C19H19F6N3O. The highest BCUT2D eigenvalue weighted by Crippen LogP contribution is 2.25. The van der Waals surface area contributed by atoms with Gasteiger partial charge in [0.05, 0.1) is 7.11 Å². The summed E-state index contributed by atoms with van der Waals surface area (Å²) in [7, 11) is 1.49. The number of ether oxygens (including phenoxy) is 1.